The zero-order valence-electron chi connectivity index (χ0n) is 9.14. The number of sulfonamides is 1. The molecule has 6 nitrogen and oxygen atoms in total. The van der Waals surface area contributed by atoms with Gasteiger partial charge in [-0.3, -0.25) is 9.82 Å². The molecule has 0 aliphatic rings. The van der Waals surface area contributed by atoms with E-state index in [0.717, 1.165) is 5.69 Å². The molecular formula is C10H12N4O2S. The molecule has 1 aromatic carbocycles. The van der Waals surface area contributed by atoms with Gasteiger partial charge in [-0.25, -0.2) is 0 Å². The van der Waals surface area contributed by atoms with E-state index in [0.29, 0.717) is 5.69 Å². The fraction of sp³-hybridized carbons (Fsp3) is 0.100. The molecule has 3 N–H and O–H groups in total. The maximum atomic E-state index is 11.8. The van der Waals surface area contributed by atoms with Gasteiger partial charge in [-0.05, 0) is 30.3 Å². The van der Waals surface area contributed by atoms with Gasteiger partial charge in [0.25, 0.3) is 10.0 Å². The molecule has 17 heavy (non-hydrogen) atoms. The predicted octanol–water partition coefficient (Wildman–Crippen LogP) is 1.25. The maximum absolute atomic E-state index is 11.8. The highest BCUT2D eigenvalue weighted by atomic mass is 32.2. The van der Waals surface area contributed by atoms with Crippen LogP contribution in [0.15, 0.2) is 41.6 Å². The lowest BCUT2D eigenvalue weighted by Gasteiger charge is -2.06. The van der Waals surface area contributed by atoms with Crippen molar-refractivity contribution in [3.63, 3.8) is 0 Å². The summed E-state index contributed by atoms with van der Waals surface area (Å²) in [7, 11) is -1.78. The van der Waals surface area contributed by atoms with Crippen molar-refractivity contribution < 1.29 is 8.42 Å². The van der Waals surface area contributed by atoms with Crippen LogP contribution in [-0.4, -0.2) is 25.7 Å². The van der Waals surface area contributed by atoms with E-state index in [1.807, 2.05) is 0 Å². The molecule has 0 atom stereocenters. The van der Waals surface area contributed by atoms with Crippen LogP contribution in [0.3, 0.4) is 0 Å². The molecule has 0 saturated carbocycles. The lowest BCUT2D eigenvalue weighted by molar-refractivity contribution is 0.597. The number of hydrogen-bond donors (Lipinski definition) is 3. The second-order valence-electron chi connectivity index (χ2n) is 3.35. The van der Waals surface area contributed by atoms with Gasteiger partial charge >= 0.3 is 0 Å². The summed E-state index contributed by atoms with van der Waals surface area (Å²) in [6, 6.07) is 8.32. The van der Waals surface area contributed by atoms with Crippen molar-refractivity contribution in [2.24, 2.45) is 0 Å². The average Bonchev–Trinajstić information content (AvgIpc) is 2.84. The number of nitrogens with one attached hydrogen (secondary N) is 3. The number of aromatic amines is 1. The standard InChI is InChI=1S/C10H12N4O2S/c1-11-8-2-4-9(5-3-8)14-17(15,16)10-6-7-12-13-10/h2-7,11,14H,1H3,(H,12,13). The first kappa shape index (κ1) is 11.5. The Balaban J connectivity index is 2.21. The van der Waals surface area contributed by atoms with E-state index in [1.54, 1.807) is 31.3 Å². The van der Waals surface area contributed by atoms with E-state index < -0.39 is 10.0 Å². The lowest BCUT2D eigenvalue weighted by Crippen LogP contribution is -2.13. The van der Waals surface area contributed by atoms with Crippen LogP contribution in [0.1, 0.15) is 0 Å². The minimum atomic E-state index is -3.58. The Morgan fingerprint density at radius 3 is 2.29 bits per heavy atom. The third kappa shape index (κ3) is 2.56. The van der Waals surface area contributed by atoms with Gasteiger partial charge in [-0.15, -0.1) is 0 Å². The van der Waals surface area contributed by atoms with E-state index in [1.165, 1.54) is 12.3 Å². The van der Waals surface area contributed by atoms with Crippen molar-refractivity contribution in [3.8, 4) is 0 Å². The van der Waals surface area contributed by atoms with E-state index in [2.05, 4.69) is 20.2 Å². The summed E-state index contributed by atoms with van der Waals surface area (Å²) in [5.74, 6) is 0. The Morgan fingerprint density at radius 1 is 1.12 bits per heavy atom. The number of rotatable bonds is 4. The second-order valence-corrected chi connectivity index (χ2v) is 5.00. The van der Waals surface area contributed by atoms with Crippen LogP contribution in [0.4, 0.5) is 11.4 Å². The Morgan fingerprint density at radius 2 is 1.76 bits per heavy atom. The number of benzene rings is 1. The third-order valence-corrected chi connectivity index (χ3v) is 3.50. The Hall–Kier alpha value is -2.02. The minimum absolute atomic E-state index is 0.0372. The summed E-state index contributed by atoms with van der Waals surface area (Å²) in [6.07, 6.45) is 1.39. The maximum Gasteiger partial charge on any atom is 0.278 e. The van der Waals surface area contributed by atoms with Crippen LogP contribution >= 0.6 is 0 Å². The van der Waals surface area contributed by atoms with Gasteiger partial charge in [0.15, 0.2) is 5.03 Å². The molecule has 0 saturated heterocycles. The molecule has 0 unspecified atom stereocenters. The molecule has 1 aromatic heterocycles. The van der Waals surface area contributed by atoms with Gasteiger partial charge in [0.1, 0.15) is 0 Å². The second kappa shape index (κ2) is 4.46. The van der Waals surface area contributed by atoms with Crippen LogP contribution < -0.4 is 10.0 Å². The molecule has 0 amide bonds. The zero-order valence-corrected chi connectivity index (χ0v) is 9.95. The first-order valence-electron chi connectivity index (χ1n) is 4.92. The number of nitrogens with zero attached hydrogens (tertiary/aromatic N) is 1. The Kier molecular flexibility index (Phi) is 3.01. The molecular weight excluding hydrogens is 240 g/mol. The molecule has 0 spiro atoms. The molecule has 2 rings (SSSR count). The van der Waals surface area contributed by atoms with Crippen molar-refractivity contribution in [3.05, 3.63) is 36.5 Å². The molecule has 7 heteroatoms. The average molecular weight is 252 g/mol. The van der Waals surface area contributed by atoms with Crippen molar-refractivity contribution in [2.45, 2.75) is 5.03 Å². The monoisotopic (exact) mass is 252 g/mol. The van der Waals surface area contributed by atoms with E-state index in [4.69, 9.17) is 0 Å². The molecule has 90 valence electrons. The number of aromatic nitrogens is 2. The molecule has 0 radical (unpaired) electrons. The van der Waals surface area contributed by atoms with Gasteiger partial charge in [0.05, 0.1) is 6.20 Å². The highest BCUT2D eigenvalue weighted by molar-refractivity contribution is 7.92. The van der Waals surface area contributed by atoms with Crippen molar-refractivity contribution in [1.82, 2.24) is 10.2 Å². The Bertz CT molecular complexity index is 575. The molecule has 1 heterocycles. The van der Waals surface area contributed by atoms with E-state index in [-0.39, 0.29) is 5.03 Å². The van der Waals surface area contributed by atoms with Gasteiger partial charge in [-0.1, -0.05) is 0 Å². The van der Waals surface area contributed by atoms with Gasteiger partial charge in [-0.2, -0.15) is 13.5 Å². The molecule has 2 aromatic rings. The first-order valence-corrected chi connectivity index (χ1v) is 6.40. The number of H-pyrrole nitrogens is 1. The summed E-state index contributed by atoms with van der Waals surface area (Å²) in [5.41, 5.74) is 1.41. The summed E-state index contributed by atoms with van der Waals surface area (Å²) in [4.78, 5) is 0. The predicted molar refractivity (Wildman–Crippen MR) is 65.4 cm³/mol. The fourth-order valence-electron chi connectivity index (χ4n) is 1.31. The fourth-order valence-corrected chi connectivity index (χ4v) is 2.28. The minimum Gasteiger partial charge on any atom is -0.388 e. The highest BCUT2D eigenvalue weighted by Gasteiger charge is 2.14. The number of anilines is 2. The molecule has 0 aliphatic heterocycles. The van der Waals surface area contributed by atoms with Crippen molar-refractivity contribution >= 4 is 21.4 Å². The summed E-state index contributed by atoms with van der Waals surface area (Å²) < 4.78 is 26.1. The van der Waals surface area contributed by atoms with Crippen molar-refractivity contribution in [2.75, 3.05) is 17.1 Å². The largest absolute Gasteiger partial charge is 0.388 e. The first-order chi connectivity index (χ1) is 8.12. The topological polar surface area (TPSA) is 86.9 Å². The van der Waals surface area contributed by atoms with Crippen LogP contribution in [-0.2, 0) is 10.0 Å². The molecule has 0 aliphatic carbocycles. The summed E-state index contributed by atoms with van der Waals surface area (Å²) in [5, 5.41) is 9.00. The van der Waals surface area contributed by atoms with Crippen LogP contribution in [0.2, 0.25) is 0 Å². The SMILES string of the molecule is CNc1ccc(NS(=O)(=O)c2ccn[nH]2)cc1. The normalized spacial score (nSPS) is 11.1. The quantitative estimate of drug-likeness (QED) is 0.764. The Labute approximate surface area is 99.1 Å². The van der Waals surface area contributed by atoms with Gasteiger partial charge in [0, 0.05) is 18.4 Å². The number of hydrogen-bond acceptors (Lipinski definition) is 4. The molecule has 0 fully saturated rings. The smallest absolute Gasteiger partial charge is 0.278 e. The van der Waals surface area contributed by atoms with Gasteiger partial charge in [0.2, 0.25) is 0 Å². The third-order valence-electron chi connectivity index (χ3n) is 2.19. The van der Waals surface area contributed by atoms with E-state index in [9.17, 15) is 8.42 Å². The summed E-state index contributed by atoms with van der Waals surface area (Å²) >= 11 is 0. The van der Waals surface area contributed by atoms with Crippen LogP contribution in [0.5, 0.6) is 0 Å². The van der Waals surface area contributed by atoms with E-state index >= 15 is 0 Å². The van der Waals surface area contributed by atoms with Crippen LogP contribution in [0.25, 0.3) is 0 Å². The van der Waals surface area contributed by atoms with Gasteiger partial charge < -0.3 is 5.32 Å². The van der Waals surface area contributed by atoms with Crippen molar-refractivity contribution in [1.29, 1.82) is 0 Å². The summed E-state index contributed by atoms with van der Waals surface area (Å²) in [6.45, 7) is 0. The highest BCUT2D eigenvalue weighted by Crippen LogP contribution is 2.16. The lowest BCUT2D eigenvalue weighted by atomic mass is 10.3. The zero-order chi connectivity index (χ0) is 12.3. The van der Waals surface area contributed by atoms with Crippen LogP contribution in [0, 0.1) is 0 Å². The molecule has 0 bridgehead atoms.